The zero-order valence-corrected chi connectivity index (χ0v) is 11.5. The van der Waals surface area contributed by atoms with Crippen molar-refractivity contribution in [2.75, 3.05) is 5.32 Å². The molecule has 0 radical (unpaired) electrons. The number of phenols is 1. The molecule has 0 unspecified atom stereocenters. The third kappa shape index (κ3) is 3.54. The molecule has 0 aliphatic carbocycles. The highest BCUT2D eigenvalue weighted by molar-refractivity contribution is 7.14. The second-order valence-corrected chi connectivity index (χ2v) is 5.06. The quantitative estimate of drug-likeness (QED) is 0.876. The van der Waals surface area contributed by atoms with Crippen molar-refractivity contribution < 1.29 is 9.90 Å². The van der Waals surface area contributed by atoms with Gasteiger partial charge in [-0.05, 0) is 18.6 Å². The molecule has 0 fully saturated rings. The third-order valence-electron chi connectivity index (χ3n) is 2.69. The van der Waals surface area contributed by atoms with Crippen LogP contribution in [-0.2, 0) is 4.79 Å². The number of anilines is 1. The lowest BCUT2D eigenvalue weighted by atomic mass is 10.1. The van der Waals surface area contributed by atoms with Crippen molar-refractivity contribution >= 4 is 22.4 Å². The van der Waals surface area contributed by atoms with E-state index in [4.69, 9.17) is 0 Å². The Morgan fingerprint density at radius 3 is 2.95 bits per heavy atom. The Kier molecular flexibility index (Phi) is 4.52. The molecule has 19 heavy (non-hydrogen) atoms. The third-order valence-corrected chi connectivity index (χ3v) is 3.45. The minimum absolute atomic E-state index is 0.0139. The van der Waals surface area contributed by atoms with Gasteiger partial charge in [-0.3, -0.25) is 4.79 Å². The molecule has 1 aromatic heterocycles. The number of unbranched alkanes of at least 4 members (excludes halogenated alkanes) is 1. The average molecular weight is 276 g/mol. The lowest BCUT2D eigenvalue weighted by Gasteiger charge is -2.01. The van der Waals surface area contributed by atoms with Gasteiger partial charge in [-0.2, -0.15) is 0 Å². The molecule has 2 aromatic rings. The number of carbonyl (C=O) groups excluding carboxylic acids is 1. The number of phenolic OH excluding ortho intramolecular Hbond substituents is 1. The first-order valence-corrected chi connectivity index (χ1v) is 7.12. The average Bonchev–Trinajstić information content (AvgIpc) is 2.85. The summed E-state index contributed by atoms with van der Waals surface area (Å²) in [6, 6.07) is 7.02. The number of benzene rings is 1. The van der Waals surface area contributed by atoms with Gasteiger partial charge in [-0.25, -0.2) is 4.98 Å². The summed E-state index contributed by atoms with van der Waals surface area (Å²) >= 11 is 1.36. The number of para-hydroxylation sites is 1. The minimum Gasteiger partial charge on any atom is -0.507 e. The van der Waals surface area contributed by atoms with E-state index in [0.717, 1.165) is 12.8 Å². The van der Waals surface area contributed by atoms with Gasteiger partial charge >= 0.3 is 0 Å². The van der Waals surface area contributed by atoms with Crippen molar-refractivity contribution in [3.8, 4) is 17.0 Å². The molecule has 0 saturated heterocycles. The van der Waals surface area contributed by atoms with E-state index < -0.39 is 0 Å². The molecule has 4 nitrogen and oxygen atoms in total. The fraction of sp³-hybridized carbons (Fsp3) is 0.286. The molecule has 1 aromatic carbocycles. The summed E-state index contributed by atoms with van der Waals surface area (Å²) < 4.78 is 0. The van der Waals surface area contributed by atoms with E-state index in [2.05, 4.69) is 10.3 Å². The van der Waals surface area contributed by atoms with Crippen LogP contribution < -0.4 is 5.32 Å². The van der Waals surface area contributed by atoms with Crippen LogP contribution in [0.15, 0.2) is 29.6 Å². The Bertz CT molecular complexity index is 566. The van der Waals surface area contributed by atoms with Crippen LogP contribution in [0.5, 0.6) is 5.75 Å². The van der Waals surface area contributed by atoms with Crippen molar-refractivity contribution in [2.45, 2.75) is 26.2 Å². The van der Waals surface area contributed by atoms with E-state index in [1.54, 1.807) is 18.2 Å². The van der Waals surface area contributed by atoms with Gasteiger partial charge in [-0.15, -0.1) is 11.3 Å². The summed E-state index contributed by atoms with van der Waals surface area (Å²) in [5.74, 6) is 0.177. The van der Waals surface area contributed by atoms with Crippen LogP contribution in [0.2, 0.25) is 0 Å². The zero-order valence-electron chi connectivity index (χ0n) is 10.7. The lowest BCUT2D eigenvalue weighted by Crippen LogP contribution is -2.10. The highest BCUT2D eigenvalue weighted by Gasteiger charge is 2.10. The maximum absolute atomic E-state index is 11.6. The molecule has 0 bridgehead atoms. The van der Waals surface area contributed by atoms with Crippen LogP contribution in [0.4, 0.5) is 5.13 Å². The molecule has 0 aliphatic heterocycles. The molecule has 1 amide bonds. The van der Waals surface area contributed by atoms with E-state index in [9.17, 15) is 9.90 Å². The van der Waals surface area contributed by atoms with Crippen LogP contribution in [-0.4, -0.2) is 16.0 Å². The van der Waals surface area contributed by atoms with Crippen LogP contribution in [0.1, 0.15) is 26.2 Å². The SMILES string of the molecule is CCCCC(=O)Nc1nc(-c2ccccc2O)cs1. The molecule has 1 heterocycles. The van der Waals surface area contributed by atoms with Crippen molar-refractivity contribution in [2.24, 2.45) is 0 Å². The highest BCUT2D eigenvalue weighted by atomic mass is 32.1. The largest absolute Gasteiger partial charge is 0.507 e. The van der Waals surface area contributed by atoms with Gasteiger partial charge in [0.15, 0.2) is 5.13 Å². The van der Waals surface area contributed by atoms with Crippen LogP contribution in [0.25, 0.3) is 11.3 Å². The normalized spacial score (nSPS) is 10.4. The van der Waals surface area contributed by atoms with E-state index >= 15 is 0 Å². The van der Waals surface area contributed by atoms with Gasteiger partial charge in [0.25, 0.3) is 0 Å². The van der Waals surface area contributed by atoms with Crippen molar-refractivity contribution in [3.05, 3.63) is 29.6 Å². The van der Waals surface area contributed by atoms with Gasteiger partial charge in [-0.1, -0.05) is 25.5 Å². The Labute approximate surface area is 116 Å². The molecule has 0 aliphatic rings. The summed E-state index contributed by atoms with van der Waals surface area (Å²) in [4.78, 5) is 15.9. The minimum atomic E-state index is -0.0139. The Hall–Kier alpha value is -1.88. The maximum atomic E-state index is 11.6. The number of carbonyl (C=O) groups is 1. The fourth-order valence-corrected chi connectivity index (χ4v) is 2.39. The number of nitrogens with zero attached hydrogens (tertiary/aromatic N) is 1. The van der Waals surface area contributed by atoms with E-state index in [-0.39, 0.29) is 11.7 Å². The molecular formula is C14H16N2O2S. The smallest absolute Gasteiger partial charge is 0.226 e. The van der Waals surface area contributed by atoms with Crippen molar-refractivity contribution in [1.82, 2.24) is 4.98 Å². The Morgan fingerprint density at radius 2 is 2.21 bits per heavy atom. The molecule has 0 atom stereocenters. The predicted octanol–water partition coefficient (Wildman–Crippen LogP) is 3.64. The summed E-state index contributed by atoms with van der Waals surface area (Å²) in [6.45, 7) is 2.05. The Balaban J connectivity index is 2.07. The second-order valence-electron chi connectivity index (χ2n) is 4.21. The van der Waals surface area contributed by atoms with Crippen LogP contribution in [0, 0.1) is 0 Å². The molecule has 2 N–H and O–H groups in total. The van der Waals surface area contributed by atoms with Gasteiger partial charge in [0.2, 0.25) is 5.91 Å². The summed E-state index contributed by atoms with van der Waals surface area (Å²) in [7, 11) is 0. The molecule has 5 heteroatoms. The van der Waals surface area contributed by atoms with E-state index in [1.807, 2.05) is 18.4 Å². The standard InChI is InChI=1S/C14H16N2O2S/c1-2-3-8-13(18)16-14-15-11(9-19-14)10-6-4-5-7-12(10)17/h4-7,9,17H,2-3,8H2,1H3,(H,15,16,18). The van der Waals surface area contributed by atoms with Gasteiger partial charge < -0.3 is 10.4 Å². The number of nitrogens with one attached hydrogen (secondary N) is 1. The van der Waals surface area contributed by atoms with Gasteiger partial charge in [0, 0.05) is 17.4 Å². The molecule has 2 rings (SSSR count). The van der Waals surface area contributed by atoms with E-state index in [1.165, 1.54) is 11.3 Å². The zero-order chi connectivity index (χ0) is 13.7. The number of hydrogen-bond donors (Lipinski definition) is 2. The number of aromatic hydroxyl groups is 1. The van der Waals surface area contributed by atoms with Crippen molar-refractivity contribution in [1.29, 1.82) is 0 Å². The number of thiazole rings is 1. The van der Waals surface area contributed by atoms with Crippen LogP contribution >= 0.6 is 11.3 Å². The van der Waals surface area contributed by atoms with E-state index in [0.29, 0.717) is 22.8 Å². The summed E-state index contributed by atoms with van der Waals surface area (Å²) in [5.41, 5.74) is 1.35. The lowest BCUT2D eigenvalue weighted by molar-refractivity contribution is -0.116. The second kappa shape index (κ2) is 6.33. The van der Waals surface area contributed by atoms with Crippen molar-refractivity contribution in [3.63, 3.8) is 0 Å². The molecule has 0 saturated carbocycles. The predicted molar refractivity (Wildman–Crippen MR) is 77.4 cm³/mol. The maximum Gasteiger partial charge on any atom is 0.226 e. The first-order chi connectivity index (χ1) is 9.20. The molecule has 100 valence electrons. The topological polar surface area (TPSA) is 62.2 Å². The first kappa shape index (κ1) is 13.5. The fourth-order valence-electron chi connectivity index (χ4n) is 1.66. The molecular weight excluding hydrogens is 260 g/mol. The van der Waals surface area contributed by atoms with Gasteiger partial charge in [0.05, 0.1) is 5.69 Å². The van der Waals surface area contributed by atoms with Crippen LogP contribution in [0.3, 0.4) is 0 Å². The number of aromatic nitrogens is 1. The number of amides is 1. The monoisotopic (exact) mass is 276 g/mol. The number of hydrogen-bond acceptors (Lipinski definition) is 4. The summed E-state index contributed by atoms with van der Waals surface area (Å²) in [5, 5.41) is 14.9. The Morgan fingerprint density at radius 1 is 1.42 bits per heavy atom. The molecule has 0 spiro atoms. The number of rotatable bonds is 5. The summed E-state index contributed by atoms with van der Waals surface area (Å²) in [6.07, 6.45) is 2.39. The first-order valence-electron chi connectivity index (χ1n) is 6.24. The highest BCUT2D eigenvalue weighted by Crippen LogP contribution is 2.31. The van der Waals surface area contributed by atoms with Gasteiger partial charge in [0.1, 0.15) is 5.75 Å².